The zero-order valence-corrected chi connectivity index (χ0v) is 5.83. The predicted molar refractivity (Wildman–Crippen MR) is 45.7 cm³/mol. The quantitative estimate of drug-likeness (QED) is 0.504. The first kappa shape index (κ1) is 6.81. The van der Waals surface area contributed by atoms with Gasteiger partial charge in [0.05, 0.1) is 0 Å². The Balaban J connectivity index is 2.55. The molecule has 0 N–H and O–H groups in total. The Morgan fingerprint density at radius 2 is 1.80 bits per heavy atom. The maximum Gasteiger partial charge on any atom is -0.0257 e. The van der Waals surface area contributed by atoms with Crippen LogP contribution in [0.3, 0.4) is 0 Å². The minimum atomic E-state index is 1.23. The molecule has 10 heavy (non-hydrogen) atoms. The molecule has 1 rings (SSSR count). The summed E-state index contributed by atoms with van der Waals surface area (Å²) < 4.78 is 0. The fourth-order valence-corrected chi connectivity index (χ4v) is 0.745. The van der Waals surface area contributed by atoms with E-state index in [1.807, 2.05) is 30.4 Å². The van der Waals surface area contributed by atoms with Crippen LogP contribution < -0.4 is 0 Å². The lowest BCUT2D eigenvalue weighted by Crippen LogP contribution is -1.61. The van der Waals surface area contributed by atoms with Crippen LogP contribution in [-0.2, 0) is 0 Å². The second kappa shape index (κ2) is 3.67. The first-order chi connectivity index (χ1) is 4.93. The van der Waals surface area contributed by atoms with Crippen molar-refractivity contribution in [1.29, 1.82) is 0 Å². The summed E-state index contributed by atoms with van der Waals surface area (Å²) in [5.74, 6) is 0. The van der Waals surface area contributed by atoms with Crippen molar-refractivity contribution >= 4 is 0 Å². The Hall–Kier alpha value is -1.30. The monoisotopic (exact) mass is 130 g/mol. The second-order valence-electron chi connectivity index (χ2n) is 2.01. The van der Waals surface area contributed by atoms with E-state index in [2.05, 4.69) is 18.7 Å². The van der Waals surface area contributed by atoms with Crippen LogP contribution >= 0.6 is 0 Å². The smallest absolute Gasteiger partial charge is 0.0257 e. The first-order valence-electron chi connectivity index (χ1n) is 3.27. The third-order valence-corrected chi connectivity index (χ3v) is 1.22. The fraction of sp³-hybridized carbons (Fsp3) is 0. The third-order valence-electron chi connectivity index (χ3n) is 1.22. The van der Waals surface area contributed by atoms with Crippen LogP contribution in [0, 0.1) is 0 Å². The van der Waals surface area contributed by atoms with Crippen LogP contribution in [0.1, 0.15) is 0 Å². The average molecular weight is 130 g/mol. The molecule has 0 spiro atoms. The molecule has 0 saturated heterocycles. The minimum absolute atomic E-state index is 1.23. The van der Waals surface area contributed by atoms with E-state index in [-0.39, 0.29) is 0 Å². The molecule has 0 atom stereocenters. The van der Waals surface area contributed by atoms with Crippen molar-refractivity contribution in [3.63, 3.8) is 0 Å². The summed E-state index contributed by atoms with van der Waals surface area (Å²) in [6.45, 7) is 3.57. The second-order valence-corrected chi connectivity index (χ2v) is 2.01. The summed E-state index contributed by atoms with van der Waals surface area (Å²) >= 11 is 0. The number of rotatable bonds is 2. The van der Waals surface area contributed by atoms with Gasteiger partial charge in [-0.2, -0.15) is 0 Å². The van der Waals surface area contributed by atoms with Gasteiger partial charge in [-0.05, 0) is 5.57 Å². The molecule has 1 aliphatic rings. The zero-order valence-electron chi connectivity index (χ0n) is 5.83. The molecule has 0 saturated carbocycles. The zero-order chi connectivity index (χ0) is 7.23. The van der Waals surface area contributed by atoms with Crippen LogP contribution in [0.15, 0.2) is 60.8 Å². The van der Waals surface area contributed by atoms with Crippen molar-refractivity contribution in [1.82, 2.24) is 0 Å². The van der Waals surface area contributed by atoms with E-state index in [0.29, 0.717) is 0 Å². The number of hydrogen-bond donors (Lipinski definition) is 0. The van der Waals surface area contributed by atoms with Gasteiger partial charge in [-0.1, -0.05) is 55.2 Å². The van der Waals surface area contributed by atoms with Crippen LogP contribution in [0.2, 0.25) is 0 Å². The summed E-state index contributed by atoms with van der Waals surface area (Å²) in [4.78, 5) is 0. The molecule has 0 aromatic heterocycles. The predicted octanol–water partition coefficient (Wildman–Crippen LogP) is 2.78. The molecule has 0 nitrogen and oxygen atoms in total. The third kappa shape index (κ3) is 1.90. The van der Waals surface area contributed by atoms with Gasteiger partial charge < -0.3 is 0 Å². The highest BCUT2D eigenvalue weighted by Gasteiger charge is 1.85. The summed E-state index contributed by atoms with van der Waals surface area (Å²) in [6, 6.07) is 0. The number of allylic oxidation sites excluding steroid dienone is 9. The van der Waals surface area contributed by atoms with E-state index in [1.54, 1.807) is 6.08 Å². The maximum atomic E-state index is 3.57. The molecule has 0 radical (unpaired) electrons. The Morgan fingerprint density at radius 1 is 1.10 bits per heavy atom. The van der Waals surface area contributed by atoms with Gasteiger partial charge >= 0.3 is 0 Å². The SMILES string of the molecule is C=CC=CC=C1C=CC=C1. The van der Waals surface area contributed by atoms with Gasteiger partial charge in [0.25, 0.3) is 0 Å². The molecular weight excluding hydrogens is 120 g/mol. The largest absolute Gasteiger partial charge is 0.0991 e. The summed E-state index contributed by atoms with van der Waals surface area (Å²) in [5.41, 5.74) is 1.23. The fourth-order valence-electron chi connectivity index (χ4n) is 0.745. The van der Waals surface area contributed by atoms with Crippen LogP contribution in [0.4, 0.5) is 0 Å². The Bertz CT molecular complexity index is 210. The van der Waals surface area contributed by atoms with Crippen LogP contribution in [0.25, 0.3) is 0 Å². The molecular formula is C10H10. The van der Waals surface area contributed by atoms with Gasteiger partial charge in [0.15, 0.2) is 0 Å². The van der Waals surface area contributed by atoms with Gasteiger partial charge in [0, 0.05) is 0 Å². The topological polar surface area (TPSA) is 0 Å². The van der Waals surface area contributed by atoms with Gasteiger partial charge in [0.1, 0.15) is 0 Å². The summed E-state index contributed by atoms with van der Waals surface area (Å²) in [6.07, 6.45) is 15.9. The van der Waals surface area contributed by atoms with Crippen molar-refractivity contribution in [2.45, 2.75) is 0 Å². The van der Waals surface area contributed by atoms with Crippen LogP contribution in [0.5, 0.6) is 0 Å². The Morgan fingerprint density at radius 3 is 2.40 bits per heavy atom. The van der Waals surface area contributed by atoms with E-state index < -0.39 is 0 Å². The van der Waals surface area contributed by atoms with Gasteiger partial charge in [-0.25, -0.2) is 0 Å². The molecule has 0 heteroatoms. The van der Waals surface area contributed by atoms with E-state index in [4.69, 9.17) is 0 Å². The van der Waals surface area contributed by atoms with E-state index >= 15 is 0 Å². The average Bonchev–Trinajstić information content (AvgIpc) is 2.41. The highest BCUT2D eigenvalue weighted by Crippen LogP contribution is 2.06. The van der Waals surface area contributed by atoms with Crippen molar-refractivity contribution in [2.24, 2.45) is 0 Å². The van der Waals surface area contributed by atoms with E-state index in [1.165, 1.54) is 5.57 Å². The van der Waals surface area contributed by atoms with Crippen molar-refractivity contribution in [2.75, 3.05) is 0 Å². The molecule has 1 aliphatic carbocycles. The molecule has 0 aromatic carbocycles. The summed E-state index contributed by atoms with van der Waals surface area (Å²) in [7, 11) is 0. The van der Waals surface area contributed by atoms with Gasteiger partial charge in [0.2, 0.25) is 0 Å². The molecule has 0 aliphatic heterocycles. The van der Waals surface area contributed by atoms with Crippen LogP contribution in [-0.4, -0.2) is 0 Å². The molecule has 0 bridgehead atoms. The lowest BCUT2D eigenvalue weighted by molar-refractivity contribution is 1.75. The maximum absolute atomic E-state index is 3.57. The first-order valence-corrected chi connectivity index (χ1v) is 3.27. The highest BCUT2D eigenvalue weighted by atomic mass is 13.9. The van der Waals surface area contributed by atoms with E-state index in [0.717, 1.165) is 0 Å². The lowest BCUT2D eigenvalue weighted by atomic mass is 10.2. The van der Waals surface area contributed by atoms with E-state index in [9.17, 15) is 0 Å². The summed E-state index contributed by atoms with van der Waals surface area (Å²) in [5, 5.41) is 0. The molecule has 50 valence electrons. The van der Waals surface area contributed by atoms with Gasteiger partial charge in [-0.15, -0.1) is 0 Å². The standard InChI is InChI=1S/C10H10/c1-2-3-4-7-10-8-5-6-9-10/h2-9H,1H2. The lowest BCUT2D eigenvalue weighted by Gasteiger charge is -1.81. The highest BCUT2D eigenvalue weighted by molar-refractivity contribution is 5.41. The van der Waals surface area contributed by atoms with Crippen molar-refractivity contribution < 1.29 is 0 Å². The van der Waals surface area contributed by atoms with Crippen molar-refractivity contribution in [3.05, 3.63) is 60.8 Å². The molecule has 0 fully saturated rings. The number of hydrogen-bond acceptors (Lipinski definition) is 0. The molecule has 0 aromatic rings. The molecule has 0 heterocycles. The van der Waals surface area contributed by atoms with Crippen molar-refractivity contribution in [3.8, 4) is 0 Å². The Kier molecular flexibility index (Phi) is 2.50. The van der Waals surface area contributed by atoms with Gasteiger partial charge in [-0.3, -0.25) is 0 Å². The normalized spacial score (nSPS) is 15.0. The Labute approximate surface area is 61.6 Å². The molecule has 0 amide bonds. The molecule has 0 unspecified atom stereocenters. The minimum Gasteiger partial charge on any atom is -0.0991 e.